The van der Waals surface area contributed by atoms with Crippen molar-refractivity contribution in [3.63, 3.8) is 0 Å². The van der Waals surface area contributed by atoms with Gasteiger partial charge in [-0.1, -0.05) is 0 Å². The van der Waals surface area contributed by atoms with Crippen molar-refractivity contribution in [3.8, 4) is 11.4 Å². The zero-order valence-electron chi connectivity index (χ0n) is 8.41. The van der Waals surface area contributed by atoms with E-state index >= 15 is 0 Å². The van der Waals surface area contributed by atoms with E-state index in [1.807, 2.05) is 20.0 Å². The molecule has 0 atom stereocenters. The molecule has 0 spiro atoms. The van der Waals surface area contributed by atoms with Crippen molar-refractivity contribution >= 4 is 28.4 Å². The van der Waals surface area contributed by atoms with Gasteiger partial charge in [-0.05, 0) is 35.6 Å². The molecule has 0 amide bonds. The summed E-state index contributed by atoms with van der Waals surface area (Å²) in [6.45, 7) is 1.90. The molecule has 2 heterocycles. The minimum atomic E-state index is 0.686. The van der Waals surface area contributed by atoms with E-state index in [9.17, 15) is 0 Å². The van der Waals surface area contributed by atoms with E-state index in [0.717, 1.165) is 20.7 Å². The van der Waals surface area contributed by atoms with Crippen LogP contribution in [0.5, 0.6) is 0 Å². The average Bonchev–Trinajstić information content (AvgIpc) is 2.65. The number of hydrogen-bond acceptors (Lipinski definition) is 4. The molecule has 2 aromatic rings. The largest absolute Gasteiger partial charge is 0.469 e. The zero-order chi connectivity index (χ0) is 10.8. The minimum Gasteiger partial charge on any atom is -0.469 e. The Morgan fingerprint density at radius 3 is 2.87 bits per heavy atom. The van der Waals surface area contributed by atoms with Gasteiger partial charge in [0.15, 0.2) is 5.82 Å². The van der Waals surface area contributed by atoms with Crippen LogP contribution >= 0.6 is 22.6 Å². The van der Waals surface area contributed by atoms with Gasteiger partial charge in [0.2, 0.25) is 0 Å². The molecule has 0 aliphatic heterocycles. The Morgan fingerprint density at radius 2 is 2.27 bits per heavy atom. The smallest absolute Gasteiger partial charge is 0.165 e. The number of nitrogens with zero attached hydrogens (tertiary/aromatic N) is 2. The lowest BCUT2D eigenvalue weighted by atomic mass is 10.2. The second-order valence-corrected chi connectivity index (χ2v) is 4.19. The van der Waals surface area contributed by atoms with Gasteiger partial charge in [0.1, 0.15) is 11.6 Å². The molecule has 0 aliphatic carbocycles. The van der Waals surface area contributed by atoms with E-state index in [1.54, 1.807) is 12.5 Å². The fraction of sp³-hybridized carbons (Fsp3) is 0.200. The van der Waals surface area contributed by atoms with Crippen LogP contribution in [0.2, 0.25) is 0 Å². The number of nitrogens with one attached hydrogen (secondary N) is 1. The highest BCUT2D eigenvalue weighted by molar-refractivity contribution is 14.1. The second kappa shape index (κ2) is 4.18. The van der Waals surface area contributed by atoms with Crippen molar-refractivity contribution in [2.75, 3.05) is 12.4 Å². The summed E-state index contributed by atoms with van der Waals surface area (Å²) >= 11 is 2.19. The lowest BCUT2D eigenvalue weighted by molar-refractivity contribution is 0.535. The van der Waals surface area contributed by atoms with Gasteiger partial charge in [-0.2, -0.15) is 0 Å². The van der Waals surface area contributed by atoms with Crippen LogP contribution in [-0.4, -0.2) is 17.0 Å². The second-order valence-electron chi connectivity index (χ2n) is 3.03. The molecule has 1 N–H and O–H groups in total. The molecule has 0 aromatic carbocycles. The Balaban J connectivity index is 2.51. The number of aryl methyl sites for hydroxylation is 1. The van der Waals surface area contributed by atoms with Gasteiger partial charge in [0.25, 0.3) is 0 Å². The van der Waals surface area contributed by atoms with Gasteiger partial charge in [-0.3, -0.25) is 0 Å². The third kappa shape index (κ3) is 1.97. The predicted molar refractivity (Wildman–Crippen MR) is 66.7 cm³/mol. The molecule has 2 rings (SSSR count). The first-order valence-corrected chi connectivity index (χ1v) is 5.55. The lowest BCUT2D eigenvalue weighted by Gasteiger charge is -2.04. The summed E-state index contributed by atoms with van der Waals surface area (Å²) in [5, 5.41) is 3.03. The van der Waals surface area contributed by atoms with Gasteiger partial charge >= 0.3 is 0 Å². The Kier molecular flexibility index (Phi) is 2.90. The Morgan fingerprint density at radius 1 is 1.47 bits per heavy atom. The molecule has 15 heavy (non-hydrogen) atoms. The van der Waals surface area contributed by atoms with Gasteiger partial charge in [0.05, 0.1) is 15.4 Å². The van der Waals surface area contributed by atoms with Crippen molar-refractivity contribution in [2.45, 2.75) is 6.92 Å². The first-order valence-electron chi connectivity index (χ1n) is 4.47. The van der Waals surface area contributed by atoms with Crippen LogP contribution in [0.4, 0.5) is 5.82 Å². The number of furan rings is 1. The van der Waals surface area contributed by atoms with E-state index in [1.165, 1.54) is 0 Å². The Hall–Kier alpha value is -1.11. The van der Waals surface area contributed by atoms with Crippen molar-refractivity contribution in [1.29, 1.82) is 0 Å². The molecule has 0 fully saturated rings. The van der Waals surface area contributed by atoms with E-state index in [2.05, 4.69) is 37.9 Å². The van der Waals surface area contributed by atoms with Crippen molar-refractivity contribution in [2.24, 2.45) is 0 Å². The molecule has 0 saturated heterocycles. The number of halogens is 1. The molecule has 5 heteroatoms. The zero-order valence-corrected chi connectivity index (χ0v) is 10.6. The summed E-state index contributed by atoms with van der Waals surface area (Å²) in [5.74, 6) is 2.35. The predicted octanol–water partition coefficient (Wildman–Crippen LogP) is 2.69. The third-order valence-electron chi connectivity index (χ3n) is 2.08. The highest BCUT2D eigenvalue weighted by Gasteiger charge is 2.09. The molecule has 78 valence electrons. The van der Waals surface area contributed by atoms with Crippen LogP contribution in [0, 0.1) is 10.5 Å². The van der Waals surface area contributed by atoms with Crippen LogP contribution in [0.25, 0.3) is 11.4 Å². The highest BCUT2D eigenvalue weighted by Crippen LogP contribution is 2.23. The molecule has 0 aliphatic rings. The molecule has 0 saturated carbocycles. The van der Waals surface area contributed by atoms with Crippen LogP contribution in [-0.2, 0) is 0 Å². The quantitative estimate of drug-likeness (QED) is 0.866. The minimum absolute atomic E-state index is 0.686. The van der Waals surface area contributed by atoms with Gasteiger partial charge in [-0.15, -0.1) is 0 Å². The summed E-state index contributed by atoms with van der Waals surface area (Å²) in [6, 6.07) is 1.87. The molecular weight excluding hydrogens is 305 g/mol. The topological polar surface area (TPSA) is 51.0 Å². The van der Waals surface area contributed by atoms with E-state index in [4.69, 9.17) is 4.42 Å². The maximum absolute atomic E-state index is 5.22. The maximum atomic E-state index is 5.22. The molecule has 4 nitrogen and oxygen atoms in total. The van der Waals surface area contributed by atoms with E-state index in [-0.39, 0.29) is 0 Å². The standard InChI is InChI=1S/C10H10IN3O/c1-6-7(3-4-15-6)9-13-5-8(11)10(12-2)14-9/h3-5H,1-2H3,(H,12,13,14). The summed E-state index contributed by atoms with van der Waals surface area (Å²) in [6.07, 6.45) is 3.44. The first-order chi connectivity index (χ1) is 7.22. The molecule has 0 radical (unpaired) electrons. The molecule has 2 aromatic heterocycles. The Bertz CT molecular complexity index is 481. The lowest BCUT2D eigenvalue weighted by Crippen LogP contribution is -1.99. The Labute approximate surface area is 101 Å². The summed E-state index contributed by atoms with van der Waals surface area (Å²) in [4.78, 5) is 8.68. The van der Waals surface area contributed by atoms with Gasteiger partial charge in [0, 0.05) is 13.2 Å². The molecular formula is C10H10IN3O. The maximum Gasteiger partial charge on any atom is 0.165 e. The van der Waals surface area contributed by atoms with Gasteiger partial charge < -0.3 is 9.73 Å². The summed E-state index contributed by atoms with van der Waals surface area (Å²) in [5.41, 5.74) is 0.933. The van der Waals surface area contributed by atoms with Crippen LogP contribution < -0.4 is 5.32 Å². The first kappa shape index (κ1) is 10.4. The van der Waals surface area contributed by atoms with E-state index < -0.39 is 0 Å². The summed E-state index contributed by atoms with van der Waals surface area (Å²) < 4.78 is 6.22. The molecule has 0 unspecified atom stereocenters. The monoisotopic (exact) mass is 315 g/mol. The number of aromatic nitrogens is 2. The SMILES string of the molecule is CNc1nc(-c2ccoc2C)ncc1I. The number of hydrogen-bond donors (Lipinski definition) is 1. The van der Waals surface area contributed by atoms with Crippen molar-refractivity contribution in [3.05, 3.63) is 27.9 Å². The van der Waals surface area contributed by atoms with Crippen LogP contribution in [0.15, 0.2) is 22.9 Å². The van der Waals surface area contributed by atoms with Crippen molar-refractivity contribution in [1.82, 2.24) is 9.97 Å². The molecule has 0 bridgehead atoms. The fourth-order valence-corrected chi connectivity index (χ4v) is 1.82. The van der Waals surface area contributed by atoms with Gasteiger partial charge in [-0.25, -0.2) is 9.97 Å². The van der Waals surface area contributed by atoms with Crippen molar-refractivity contribution < 1.29 is 4.42 Å². The normalized spacial score (nSPS) is 10.3. The number of anilines is 1. The third-order valence-corrected chi connectivity index (χ3v) is 2.87. The number of rotatable bonds is 2. The van der Waals surface area contributed by atoms with E-state index in [0.29, 0.717) is 5.82 Å². The average molecular weight is 315 g/mol. The van der Waals surface area contributed by atoms with Crippen LogP contribution in [0.3, 0.4) is 0 Å². The highest BCUT2D eigenvalue weighted by atomic mass is 127. The summed E-state index contributed by atoms with van der Waals surface area (Å²) in [7, 11) is 1.84. The van der Waals surface area contributed by atoms with Crippen LogP contribution in [0.1, 0.15) is 5.76 Å². The fourth-order valence-electron chi connectivity index (χ4n) is 1.29.